The van der Waals surface area contributed by atoms with E-state index in [0.717, 1.165) is 29.7 Å². The van der Waals surface area contributed by atoms with Crippen molar-refractivity contribution in [1.82, 2.24) is 4.90 Å². The fraction of sp³-hybridized carbons (Fsp3) is 0.421. The molecule has 1 aliphatic rings. The van der Waals surface area contributed by atoms with Crippen LogP contribution in [-0.4, -0.2) is 22.9 Å². The van der Waals surface area contributed by atoms with Gasteiger partial charge >= 0.3 is 0 Å². The van der Waals surface area contributed by atoms with Crippen LogP contribution in [0, 0.1) is 6.92 Å². The number of nitrogens with zero attached hydrogens (tertiary/aromatic N) is 1. The summed E-state index contributed by atoms with van der Waals surface area (Å²) >= 11 is 0. The number of rotatable bonds is 2. The fourth-order valence-corrected chi connectivity index (χ4v) is 3.35. The molecule has 1 fully saturated rings. The summed E-state index contributed by atoms with van der Waals surface area (Å²) in [6, 6.07) is 9.94. The number of hydrogen-bond acceptors (Lipinski definition) is 3. The summed E-state index contributed by atoms with van der Waals surface area (Å²) in [7, 11) is 0. The van der Waals surface area contributed by atoms with Crippen LogP contribution >= 0.6 is 0 Å². The second-order valence-electron chi connectivity index (χ2n) is 6.58. The summed E-state index contributed by atoms with van der Waals surface area (Å²) in [6.45, 7) is 6.19. The van der Waals surface area contributed by atoms with Crippen LogP contribution in [0.15, 0.2) is 34.7 Å². The Morgan fingerprint density at radius 3 is 2.52 bits per heavy atom. The minimum Gasteiger partial charge on any atom is -0.451 e. The highest BCUT2D eigenvalue weighted by atomic mass is 16.4. The van der Waals surface area contributed by atoms with Gasteiger partial charge in [-0.2, -0.15) is 0 Å². The molecule has 0 bridgehead atoms. The maximum Gasteiger partial charge on any atom is 0.290 e. The van der Waals surface area contributed by atoms with Gasteiger partial charge in [0.05, 0.1) is 0 Å². The Bertz CT molecular complexity index is 710. The van der Waals surface area contributed by atoms with Crippen molar-refractivity contribution in [3.05, 3.63) is 41.7 Å². The lowest BCUT2D eigenvalue weighted by Crippen LogP contribution is -2.47. The van der Waals surface area contributed by atoms with Gasteiger partial charge in [-0.05, 0) is 63.8 Å². The summed E-state index contributed by atoms with van der Waals surface area (Å²) in [5.74, 6) is 1.06. The van der Waals surface area contributed by atoms with Gasteiger partial charge in [-0.3, -0.25) is 4.79 Å². The van der Waals surface area contributed by atoms with Gasteiger partial charge in [0, 0.05) is 23.3 Å². The Morgan fingerprint density at radius 2 is 1.87 bits per heavy atom. The average Bonchev–Trinajstić information content (AvgIpc) is 2.99. The number of piperidine rings is 1. The number of carbonyl (C=O) groups excluding carboxylic acids is 1. The minimum absolute atomic E-state index is 0.0176. The molecule has 4 nitrogen and oxygen atoms in total. The molecule has 0 spiro atoms. The third kappa shape index (κ3) is 2.98. The lowest BCUT2D eigenvalue weighted by atomic mass is 9.97. The predicted octanol–water partition coefficient (Wildman–Crippen LogP) is 4.24. The van der Waals surface area contributed by atoms with Crippen molar-refractivity contribution in [2.24, 2.45) is 0 Å². The second kappa shape index (κ2) is 6.11. The minimum atomic E-state index is -0.0176. The van der Waals surface area contributed by atoms with Gasteiger partial charge in [-0.1, -0.05) is 12.1 Å². The molecule has 0 saturated carbocycles. The molecule has 1 aliphatic heterocycles. The summed E-state index contributed by atoms with van der Waals surface area (Å²) in [4.78, 5) is 14.7. The van der Waals surface area contributed by atoms with Gasteiger partial charge < -0.3 is 15.1 Å². The molecule has 4 heteroatoms. The maximum atomic E-state index is 12.8. The van der Waals surface area contributed by atoms with E-state index in [-0.39, 0.29) is 18.0 Å². The zero-order valence-electron chi connectivity index (χ0n) is 14.0. The SMILES string of the molecule is Cc1ccc(-c2ccc(C(=O)N3[C@H](C)CCC[C@@H]3C)o2)cc1N. The van der Waals surface area contributed by atoms with Crippen molar-refractivity contribution in [2.45, 2.75) is 52.1 Å². The van der Waals surface area contributed by atoms with E-state index in [1.54, 1.807) is 6.07 Å². The van der Waals surface area contributed by atoms with E-state index >= 15 is 0 Å². The lowest BCUT2D eigenvalue weighted by molar-refractivity contribution is 0.0479. The van der Waals surface area contributed by atoms with Gasteiger partial charge in [0.2, 0.25) is 0 Å². The second-order valence-corrected chi connectivity index (χ2v) is 6.58. The van der Waals surface area contributed by atoms with Crippen LogP contribution in [0.4, 0.5) is 5.69 Å². The third-order valence-electron chi connectivity index (χ3n) is 4.81. The first-order chi connectivity index (χ1) is 11.0. The molecule has 2 aromatic rings. The summed E-state index contributed by atoms with van der Waals surface area (Å²) in [5, 5.41) is 0. The molecule has 1 amide bonds. The molecule has 2 N–H and O–H groups in total. The number of furan rings is 1. The van der Waals surface area contributed by atoms with Crippen molar-refractivity contribution in [3.63, 3.8) is 0 Å². The van der Waals surface area contributed by atoms with Gasteiger partial charge in [0.1, 0.15) is 5.76 Å². The summed E-state index contributed by atoms with van der Waals surface area (Å²) < 4.78 is 5.83. The Kier molecular flexibility index (Phi) is 4.16. The Balaban J connectivity index is 1.86. The zero-order chi connectivity index (χ0) is 16.6. The summed E-state index contributed by atoms with van der Waals surface area (Å²) in [5.41, 5.74) is 8.62. The van der Waals surface area contributed by atoms with Gasteiger partial charge in [0.15, 0.2) is 5.76 Å². The molecule has 1 saturated heterocycles. The van der Waals surface area contributed by atoms with Crippen LogP contribution in [0.25, 0.3) is 11.3 Å². The van der Waals surface area contributed by atoms with Gasteiger partial charge in [0.25, 0.3) is 5.91 Å². The van der Waals surface area contributed by atoms with Crippen molar-refractivity contribution in [2.75, 3.05) is 5.73 Å². The number of amides is 1. The Hall–Kier alpha value is -2.23. The molecule has 2 heterocycles. The number of nitrogen functional groups attached to an aromatic ring is 1. The van der Waals surface area contributed by atoms with Crippen LogP contribution in [-0.2, 0) is 0 Å². The molecular formula is C19H24N2O2. The smallest absolute Gasteiger partial charge is 0.290 e. The van der Waals surface area contributed by atoms with Crippen molar-refractivity contribution >= 4 is 11.6 Å². The largest absolute Gasteiger partial charge is 0.451 e. The molecule has 2 atom stereocenters. The van der Waals surface area contributed by atoms with E-state index in [2.05, 4.69) is 13.8 Å². The molecular weight excluding hydrogens is 288 g/mol. The molecule has 3 rings (SSSR count). The number of benzene rings is 1. The monoisotopic (exact) mass is 312 g/mol. The Morgan fingerprint density at radius 1 is 1.17 bits per heavy atom. The van der Waals surface area contributed by atoms with Crippen LogP contribution in [0.5, 0.6) is 0 Å². The molecule has 0 unspecified atom stereocenters. The molecule has 1 aromatic heterocycles. The average molecular weight is 312 g/mol. The highest BCUT2D eigenvalue weighted by Gasteiger charge is 2.31. The van der Waals surface area contributed by atoms with E-state index in [0.29, 0.717) is 11.5 Å². The molecule has 122 valence electrons. The quantitative estimate of drug-likeness (QED) is 0.844. The number of likely N-dealkylation sites (tertiary alicyclic amines) is 1. The number of carbonyl (C=O) groups is 1. The van der Waals surface area contributed by atoms with Crippen molar-refractivity contribution in [3.8, 4) is 11.3 Å². The lowest BCUT2D eigenvalue weighted by Gasteiger charge is -2.38. The van der Waals surface area contributed by atoms with E-state index in [4.69, 9.17) is 10.2 Å². The highest BCUT2D eigenvalue weighted by Crippen LogP contribution is 2.29. The number of nitrogens with two attached hydrogens (primary N) is 1. The first-order valence-electron chi connectivity index (χ1n) is 8.26. The standard InChI is InChI=1S/C19H24N2O2/c1-12-7-8-15(11-16(12)20)17-9-10-18(23-17)19(22)21-13(2)5-4-6-14(21)3/h7-11,13-14H,4-6,20H2,1-3H3/t13-,14+. The van der Waals surface area contributed by atoms with Crippen molar-refractivity contribution < 1.29 is 9.21 Å². The van der Waals surface area contributed by atoms with E-state index < -0.39 is 0 Å². The molecule has 1 aromatic carbocycles. The predicted molar refractivity (Wildman–Crippen MR) is 92.2 cm³/mol. The van der Waals surface area contributed by atoms with Crippen LogP contribution < -0.4 is 5.73 Å². The normalized spacial score (nSPS) is 21.4. The van der Waals surface area contributed by atoms with E-state index in [9.17, 15) is 4.79 Å². The van der Waals surface area contributed by atoms with E-state index in [1.807, 2.05) is 36.1 Å². The number of aryl methyl sites for hydroxylation is 1. The number of anilines is 1. The molecule has 0 radical (unpaired) electrons. The van der Waals surface area contributed by atoms with Crippen LogP contribution in [0.1, 0.15) is 49.2 Å². The summed E-state index contributed by atoms with van der Waals surface area (Å²) in [6.07, 6.45) is 3.29. The topological polar surface area (TPSA) is 59.5 Å². The highest BCUT2D eigenvalue weighted by molar-refractivity contribution is 5.92. The molecule has 23 heavy (non-hydrogen) atoms. The van der Waals surface area contributed by atoms with Crippen LogP contribution in [0.3, 0.4) is 0 Å². The van der Waals surface area contributed by atoms with Crippen molar-refractivity contribution in [1.29, 1.82) is 0 Å². The molecule has 0 aliphatic carbocycles. The third-order valence-corrected chi connectivity index (χ3v) is 4.81. The first kappa shape index (κ1) is 15.7. The van der Waals surface area contributed by atoms with Gasteiger partial charge in [-0.15, -0.1) is 0 Å². The van der Waals surface area contributed by atoms with Crippen LogP contribution in [0.2, 0.25) is 0 Å². The Labute approximate surface area is 137 Å². The fourth-order valence-electron chi connectivity index (χ4n) is 3.35. The first-order valence-corrected chi connectivity index (χ1v) is 8.26. The van der Waals surface area contributed by atoms with Gasteiger partial charge in [-0.25, -0.2) is 0 Å². The number of hydrogen-bond donors (Lipinski definition) is 1. The zero-order valence-corrected chi connectivity index (χ0v) is 14.0. The maximum absolute atomic E-state index is 12.8. The van der Waals surface area contributed by atoms with E-state index in [1.165, 1.54) is 6.42 Å².